The van der Waals surface area contributed by atoms with E-state index in [2.05, 4.69) is 15.6 Å². The van der Waals surface area contributed by atoms with Crippen LogP contribution in [0.5, 0.6) is 0 Å². The van der Waals surface area contributed by atoms with Gasteiger partial charge in [-0.2, -0.15) is 0 Å². The number of aliphatic carboxylic acids is 1. The molecule has 28 heavy (non-hydrogen) atoms. The van der Waals surface area contributed by atoms with Crippen LogP contribution in [0.2, 0.25) is 0 Å². The Hall–Kier alpha value is -2.44. The molecule has 0 fully saturated rings. The molecular weight excluding hydrogens is 370 g/mol. The summed E-state index contributed by atoms with van der Waals surface area (Å²) < 4.78 is 0. The molecule has 0 aromatic heterocycles. The molecule has 0 saturated carbocycles. The summed E-state index contributed by atoms with van der Waals surface area (Å²) in [5, 5.41) is 23.4. The SMILES string of the molecule is C[C@@H](O)[C@H](NC(=O)[C@H](CCCN=C(N)N)NC(=O)[C@@H](N)CCCCN)C(=O)O. The maximum absolute atomic E-state index is 12.5. The van der Waals surface area contributed by atoms with Crippen molar-refractivity contribution in [3.8, 4) is 0 Å². The van der Waals surface area contributed by atoms with Gasteiger partial charge in [0.15, 0.2) is 12.0 Å². The van der Waals surface area contributed by atoms with E-state index in [1.165, 1.54) is 6.92 Å². The fourth-order valence-electron chi connectivity index (χ4n) is 2.33. The molecule has 0 aromatic rings. The van der Waals surface area contributed by atoms with Crippen LogP contribution in [0.3, 0.4) is 0 Å². The first-order valence-corrected chi connectivity index (χ1v) is 9.12. The lowest BCUT2D eigenvalue weighted by molar-refractivity contribution is -0.145. The van der Waals surface area contributed by atoms with Crippen LogP contribution in [-0.2, 0) is 14.4 Å². The first-order chi connectivity index (χ1) is 13.1. The Balaban J connectivity index is 5.01. The molecule has 12 N–H and O–H groups in total. The van der Waals surface area contributed by atoms with Crippen molar-refractivity contribution in [2.75, 3.05) is 13.1 Å². The predicted molar refractivity (Wildman–Crippen MR) is 104 cm³/mol. The molecule has 12 heteroatoms. The van der Waals surface area contributed by atoms with Gasteiger partial charge < -0.3 is 43.8 Å². The second kappa shape index (κ2) is 13.7. The molecule has 0 bridgehead atoms. The highest BCUT2D eigenvalue weighted by Crippen LogP contribution is 2.04. The number of aliphatic hydroxyl groups excluding tert-OH is 1. The molecule has 0 aliphatic rings. The lowest BCUT2D eigenvalue weighted by Gasteiger charge is -2.24. The minimum Gasteiger partial charge on any atom is -0.480 e. The Bertz CT molecular complexity index is 537. The van der Waals surface area contributed by atoms with Gasteiger partial charge in [0.1, 0.15) is 6.04 Å². The normalized spacial score (nSPS) is 15.0. The van der Waals surface area contributed by atoms with Crippen LogP contribution in [0.15, 0.2) is 4.99 Å². The van der Waals surface area contributed by atoms with E-state index in [-0.39, 0.29) is 18.9 Å². The van der Waals surface area contributed by atoms with E-state index in [0.717, 1.165) is 6.42 Å². The van der Waals surface area contributed by atoms with Gasteiger partial charge in [-0.05, 0) is 39.2 Å². The summed E-state index contributed by atoms with van der Waals surface area (Å²) in [5.74, 6) is -2.79. The highest BCUT2D eigenvalue weighted by atomic mass is 16.4. The van der Waals surface area contributed by atoms with Gasteiger partial charge in [0.2, 0.25) is 11.8 Å². The third-order valence-electron chi connectivity index (χ3n) is 3.93. The number of carboxylic acid groups (broad SMARTS) is 1. The fraction of sp³-hybridized carbons (Fsp3) is 0.750. The van der Waals surface area contributed by atoms with Gasteiger partial charge in [-0.15, -0.1) is 0 Å². The van der Waals surface area contributed by atoms with E-state index in [1.807, 2.05) is 0 Å². The Morgan fingerprint density at radius 1 is 1.04 bits per heavy atom. The number of aliphatic hydroxyl groups is 1. The van der Waals surface area contributed by atoms with Gasteiger partial charge in [0.05, 0.1) is 12.1 Å². The number of hydrogen-bond acceptors (Lipinski definition) is 7. The Kier molecular flexibility index (Phi) is 12.5. The molecule has 0 aliphatic heterocycles. The molecule has 162 valence electrons. The zero-order chi connectivity index (χ0) is 21.7. The minimum atomic E-state index is -1.51. The predicted octanol–water partition coefficient (Wildman–Crippen LogP) is -3.07. The van der Waals surface area contributed by atoms with Gasteiger partial charge >= 0.3 is 5.97 Å². The zero-order valence-electron chi connectivity index (χ0n) is 16.1. The van der Waals surface area contributed by atoms with Crippen molar-refractivity contribution in [1.29, 1.82) is 0 Å². The summed E-state index contributed by atoms with van der Waals surface area (Å²) >= 11 is 0. The maximum atomic E-state index is 12.5. The topological polar surface area (TPSA) is 232 Å². The van der Waals surface area contributed by atoms with Crippen molar-refractivity contribution in [1.82, 2.24) is 10.6 Å². The van der Waals surface area contributed by atoms with E-state index in [4.69, 9.17) is 28.0 Å². The second-order valence-electron chi connectivity index (χ2n) is 6.47. The molecule has 0 rings (SSSR count). The summed E-state index contributed by atoms with van der Waals surface area (Å²) in [4.78, 5) is 39.7. The standard InChI is InChI=1S/C16H33N7O5/c1-9(24)12(15(27)28)23-14(26)11(6-4-8-21-16(19)20)22-13(25)10(18)5-2-3-7-17/h9-12,24H,2-8,17-18H2,1H3,(H,22,25)(H,23,26)(H,27,28)(H4,19,20,21)/t9-,10+,11+,12+/m1/s1. The molecule has 0 unspecified atom stereocenters. The molecule has 0 aliphatic carbocycles. The Morgan fingerprint density at radius 3 is 2.18 bits per heavy atom. The number of nitrogens with two attached hydrogens (primary N) is 4. The van der Waals surface area contributed by atoms with Crippen molar-refractivity contribution >= 4 is 23.7 Å². The van der Waals surface area contributed by atoms with Gasteiger partial charge in [-0.25, -0.2) is 4.79 Å². The van der Waals surface area contributed by atoms with Crippen LogP contribution < -0.4 is 33.6 Å². The Morgan fingerprint density at radius 2 is 1.68 bits per heavy atom. The average Bonchev–Trinajstić information content (AvgIpc) is 2.60. The van der Waals surface area contributed by atoms with E-state index >= 15 is 0 Å². The quantitative estimate of drug-likeness (QED) is 0.0833. The van der Waals surface area contributed by atoms with Crippen LogP contribution in [0.4, 0.5) is 0 Å². The molecule has 12 nitrogen and oxygen atoms in total. The van der Waals surface area contributed by atoms with Gasteiger partial charge in [-0.1, -0.05) is 6.42 Å². The highest BCUT2D eigenvalue weighted by molar-refractivity contribution is 5.91. The van der Waals surface area contributed by atoms with Crippen molar-refractivity contribution in [3.05, 3.63) is 0 Å². The molecule has 4 atom stereocenters. The van der Waals surface area contributed by atoms with Crippen LogP contribution in [0.25, 0.3) is 0 Å². The summed E-state index contributed by atoms with van der Waals surface area (Å²) in [7, 11) is 0. The number of guanidine groups is 1. The number of nitrogens with zero attached hydrogens (tertiary/aromatic N) is 1. The molecule has 2 amide bonds. The molecule has 0 aromatic carbocycles. The zero-order valence-corrected chi connectivity index (χ0v) is 16.1. The smallest absolute Gasteiger partial charge is 0.328 e. The highest BCUT2D eigenvalue weighted by Gasteiger charge is 2.30. The summed E-state index contributed by atoms with van der Waals surface area (Å²) in [5.41, 5.74) is 21.7. The first-order valence-electron chi connectivity index (χ1n) is 9.12. The molecule has 0 saturated heterocycles. The van der Waals surface area contributed by atoms with E-state index in [9.17, 15) is 19.5 Å². The molecule has 0 heterocycles. The number of unbranched alkanes of at least 4 members (excludes halogenated alkanes) is 1. The van der Waals surface area contributed by atoms with Crippen LogP contribution in [0.1, 0.15) is 39.0 Å². The number of carboxylic acids is 1. The third-order valence-corrected chi connectivity index (χ3v) is 3.93. The van der Waals surface area contributed by atoms with Crippen LogP contribution in [0, 0.1) is 0 Å². The summed E-state index contributed by atoms with van der Waals surface area (Å²) in [6, 6.07) is -3.39. The lowest BCUT2D eigenvalue weighted by Crippen LogP contribution is -2.56. The van der Waals surface area contributed by atoms with Crippen molar-refractivity contribution in [2.24, 2.45) is 27.9 Å². The van der Waals surface area contributed by atoms with Crippen LogP contribution >= 0.6 is 0 Å². The molecule has 0 radical (unpaired) electrons. The first kappa shape index (κ1) is 25.6. The van der Waals surface area contributed by atoms with Gasteiger partial charge in [0.25, 0.3) is 0 Å². The van der Waals surface area contributed by atoms with Crippen LogP contribution in [-0.4, -0.2) is 71.3 Å². The maximum Gasteiger partial charge on any atom is 0.328 e. The largest absolute Gasteiger partial charge is 0.480 e. The number of aliphatic imine (C=N–C) groups is 1. The second-order valence-corrected chi connectivity index (χ2v) is 6.47. The molecular formula is C16H33N7O5. The number of carbonyl (C=O) groups is 3. The molecule has 0 spiro atoms. The summed E-state index contributed by atoms with van der Waals surface area (Å²) in [6.45, 7) is 1.95. The van der Waals surface area contributed by atoms with Gasteiger partial charge in [0, 0.05) is 6.54 Å². The van der Waals surface area contributed by atoms with Gasteiger partial charge in [-0.3, -0.25) is 14.6 Å². The minimum absolute atomic E-state index is 0.105. The van der Waals surface area contributed by atoms with Crippen molar-refractivity contribution in [2.45, 2.75) is 63.3 Å². The Labute approximate surface area is 164 Å². The average molecular weight is 403 g/mol. The number of nitrogens with one attached hydrogen (secondary N) is 2. The monoisotopic (exact) mass is 403 g/mol. The number of amides is 2. The fourth-order valence-corrected chi connectivity index (χ4v) is 2.33. The lowest BCUT2D eigenvalue weighted by atomic mass is 10.1. The van der Waals surface area contributed by atoms with E-state index in [0.29, 0.717) is 25.8 Å². The van der Waals surface area contributed by atoms with Crippen molar-refractivity contribution in [3.63, 3.8) is 0 Å². The number of hydrogen-bond donors (Lipinski definition) is 8. The number of rotatable bonds is 14. The van der Waals surface area contributed by atoms with Crippen molar-refractivity contribution < 1.29 is 24.6 Å². The van der Waals surface area contributed by atoms with E-state index in [1.54, 1.807) is 0 Å². The number of carbonyl (C=O) groups excluding carboxylic acids is 2. The summed E-state index contributed by atoms with van der Waals surface area (Å²) in [6.07, 6.45) is 0.962. The third kappa shape index (κ3) is 10.6. The van der Waals surface area contributed by atoms with E-state index < -0.39 is 42.0 Å².